The number of amides is 1. The summed E-state index contributed by atoms with van der Waals surface area (Å²) in [5.41, 5.74) is 1.11. The van der Waals surface area contributed by atoms with Gasteiger partial charge in [-0.1, -0.05) is 24.3 Å². The van der Waals surface area contributed by atoms with Crippen molar-refractivity contribution in [2.24, 2.45) is 0 Å². The highest BCUT2D eigenvalue weighted by molar-refractivity contribution is 5.69. The minimum atomic E-state index is -0.775. The molecule has 4 nitrogen and oxygen atoms in total. The van der Waals surface area contributed by atoms with Crippen LogP contribution in [-0.4, -0.2) is 34.3 Å². The van der Waals surface area contributed by atoms with Crippen molar-refractivity contribution in [1.82, 2.24) is 4.90 Å². The number of ether oxygens (including phenoxy) is 1. The first-order chi connectivity index (χ1) is 13.6. The van der Waals surface area contributed by atoms with Gasteiger partial charge in [0.1, 0.15) is 17.7 Å². The van der Waals surface area contributed by atoms with E-state index in [4.69, 9.17) is 4.74 Å². The van der Waals surface area contributed by atoms with Gasteiger partial charge in [-0.3, -0.25) is 0 Å². The largest absolute Gasteiger partial charge is 0.446 e. The Morgan fingerprint density at radius 1 is 1.21 bits per heavy atom. The van der Waals surface area contributed by atoms with E-state index in [0.29, 0.717) is 36.9 Å². The minimum absolute atomic E-state index is 0.179. The molecular formula is C23H27F2NO3. The van der Waals surface area contributed by atoms with Crippen molar-refractivity contribution < 1.29 is 23.4 Å². The number of halogens is 2. The molecule has 1 saturated heterocycles. The van der Waals surface area contributed by atoms with Crippen LogP contribution >= 0.6 is 0 Å². The van der Waals surface area contributed by atoms with Gasteiger partial charge in [0.15, 0.2) is 0 Å². The number of nitrogens with zero attached hydrogens (tertiary/aromatic N) is 1. The Balaban J connectivity index is 1.65. The topological polar surface area (TPSA) is 49.8 Å². The van der Waals surface area contributed by atoms with Crippen molar-refractivity contribution in [3.63, 3.8) is 0 Å². The number of benzene rings is 2. The molecule has 0 radical (unpaired) electrons. The predicted octanol–water partition coefficient (Wildman–Crippen LogP) is 5.45. The molecule has 0 aliphatic carbocycles. The number of carbonyl (C=O) groups excluding carboxylic acids is 1. The van der Waals surface area contributed by atoms with Crippen LogP contribution in [0.15, 0.2) is 42.5 Å². The van der Waals surface area contributed by atoms with E-state index in [1.165, 1.54) is 12.1 Å². The molecular weight excluding hydrogens is 376 g/mol. The molecule has 6 heteroatoms. The Labute approximate surface area is 170 Å². The first kappa shape index (κ1) is 21.2. The lowest BCUT2D eigenvalue weighted by Gasteiger charge is -2.36. The third kappa shape index (κ3) is 5.32. The van der Waals surface area contributed by atoms with Gasteiger partial charge >= 0.3 is 6.09 Å². The Bertz CT molecular complexity index is 861. The number of rotatable bonds is 6. The average Bonchev–Trinajstić information content (AvgIpc) is 2.66. The molecule has 1 heterocycles. The maximum atomic E-state index is 14.0. The van der Waals surface area contributed by atoms with Gasteiger partial charge < -0.3 is 14.7 Å². The van der Waals surface area contributed by atoms with E-state index in [-0.39, 0.29) is 18.2 Å². The Morgan fingerprint density at radius 3 is 2.48 bits per heavy atom. The lowest BCUT2D eigenvalue weighted by molar-refractivity contribution is -0.00600. The molecule has 1 N–H and O–H groups in total. The summed E-state index contributed by atoms with van der Waals surface area (Å²) < 4.78 is 32.6. The molecule has 1 aliphatic heterocycles. The fourth-order valence-electron chi connectivity index (χ4n) is 3.56. The molecule has 0 aromatic heterocycles. The molecule has 0 spiro atoms. The van der Waals surface area contributed by atoms with Gasteiger partial charge in [-0.05, 0) is 56.9 Å². The van der Waals surface area contributed by atoms with E-state index in [0.717, 1.165) is 11.6 Å². The fourth-order valence-corrected chi connectivity index (χ4v) is 3.56. The second kappa shape index (κ2) is 8.49. The zero-order valence-electron chi connectivity index (χ0n) is 17.0. The van der Waals surface area contributed by atoms with Crippen LogP contribution in [-0.2, 0) is 4.74 Å². The molecule has 1 aliphatic rings. The molecule has 0 bridgehead atoms. The van der Waals surface area contributed by atoms with E-state index in [1.807, 2.05) is 19.1 Å². The summed E-state index contributed by atoms with van der Waals surface area (Å²) in [6.07, 6.45) is 1.38. The van der Waals surface area contributed by atoms with Crippen molar-refractivity contribution in [2.75, 3.05) is 6.54 Å². The summed E-state index contributed by atoms with van der Waals surface area (Å²) in [7, 11) is 0. The van der Waals surface area contributed by atoms with E-state index in [9.17, 15) is 18.7 Å². The summed E-state index contributed by atoms with van der Waals surface area (Å²) in [6.45, 7) is 5.98. The molecule has 1 fully saturated rings. The monoisotopic (exact) mass is 403 g/mol. The molecule has 2 atom stereocenters. The highest BCUT2D eigenvalue weighted by atomic mass is 19.1. The van der Waals surface area contributed by atoms with Gasteiger partial charge in [-0.15, -0.1) is 0 Å². The van der Waals surface area contributed by atoms with Gasteiger partial charge in [0.2, 0.25) is 0 Å². The normalized spacial score (nSPS) is 18.5. The maximum absolute atomic E-state index is 14.0. The second-order valence-corrected chi connectivity index (χ2v) is 8.26. The minimum Gasteiger partial charge on any atom is -0.446 e. The molecule has 2 aromatic carbocycles. The van der Waals surface area contributed by atoms with Crippen LogP contribution < -0.4 is 0 Å². The molecule has 3 rings (SSSR count). The van der Waals surface area contributed by atoms with Gasteiger partial charge in [0.25, 0.3) is 0 Å². The highest BCUT2D eigenvalue weighted by Crippen LogP contribution is 2.30. The quantitative estimate of drug-likeness (QED) is 0.697. The predicted molar refractivity (Wildman–Crippen MR) is 107 cm³/mol. The van der Waals surface area contributed by atoms with Gasteiger partial charge in [-0.25, -0.2) is 13.6 Å². The van der Waals surface area contributed by atoms with E-state index in [2.05, 4.69) is 0 Å². The fraction of sp³-hybridized carbons (Fsp3) is 0.435. The standard InChI is InChI=1S/C23H27F2NO3/c1-15(26-13-11-19(29-22(26)27)10-12-23(2,3)28)16-4-6-17(7-5-16)20-9-8-18(24)14-21(20)25/h4-9,14-15,19,28H,10-13H2,1-3H3. The van der Waals surface area contributed by atoms with Crippen LogP contribution in [0.4, 0.5) is 13.6 Å². The maximum Gasteiger partial charge on any atom is 0.410 e. The van der Waals surface area contributed by atoms with Crippen molar-refractivity contribution >= 4 is 6.09 Å². The van der Waals surface area contributed by atoms with Crippen molar-refractivity contribution in [1.29, 1.82) is 0 Å². The number of cyclic esters (lactones) is 1. The zero-order chi connectivity index (χ0) is 21.2. The van der Waals surface area contributed by atoms with Gasteiger partial charge in [0.05, 0.1) is 11.6 Å². The van der Waals surface area contributed by atoms with Crippen LogP contribution in [0.5, 0.6) is 0 Å². The zero-order valence-corrected chi connectivity index (χ0v) is 17.0. The Hall–Kier alpha value is -2.47. The lowest BCUT2D eigenvalue weighted by atomic mass is 9.97. The Kier molecular flexibility index (Phi) is 6.22. The van der Waals surface area contributed by atoms with Crippen LogP contribution in [0, 0.1) is 11.6 Å². The van der Waals surface area contributed by atoms with Crippen LogP contribution in [0.25, 0.3) is 11.1 Å². The first-order valence-electron chi connectivity index (χ1n) is 9.89. The first-order valence-corrected chi connectivity index (χ1v) is 9.89. The number of hydrogen-bond acceptors (Lipinski definition) is 3. The lowest BCUT2D eigenvalue weighted by Crippen LogP contribution is -2.43. The summed E-state index contributed by atoms with van der Waals surface area (Å²) in [5.74, 6) is -1.22. The van der Waals surface area contributed by atoms with Crippen LogP contribution in [0.1, 0.15) is 51.6 Å². The van der Waals surface area contributed by atoms with Crippen molar-refractivity contribution in [3.8, 4) is 11.1 Å². The summed E-state index contributed by atoms with van der Waals surface area (Å²) >= 11 is 0. The van der Waals surface area contributed by atoms with Crippen LogP contribution in [0.2, 0.25) is 0 Å². The van der Waals surface area contributed by atoms with Crippen molar-refractivity contribution in [2.45, 2.75) is 57.8 Å². The third-order valence-electron chi connectivity index (χ3n) is 5.37. The molecule has 29 heavy (non-hydrogen) atoms. The second-order valence-electron chi connectivity index (χ2n) is 8.26. The summed E-state index contributed by atoms with van der Waals surface area (Å²) in [5, 5.41) is 9.85. The third-order valence-corrected chi connectivity index (χ3v) is 5.37. The molecule has 2 aromatic rings. The van der Waals surface area contributed by atoms with Crippen molar-refractivity contribution in [3.05, 3.63) is 59.7 Å². The van der Waals surface area contributed by atoms with E-state index in [1.54, 1.807) is 30.9 Å². The molecule has 156 valence electrons. The number of hydrogen-bond donors (Lipinski definition) is 1. The highest BCUT2D eigenvalue weighted by Gasteiger charge is 2.31. The Morgan fingerprint density at radius 2 is 1.90 bits per heavy atom. The van der Waals surface area contributed by atoms with E-state index < -0.39 is 17.2 Å². The summed E-state index contributed by atoms with van der Waals surface area (Å²) in [4.78, 5) is 14.1. The molecule has 2 unspecified atom stereocenters. The smallest absolute Gasteiger partial charge is 0.410 e. The molecule has 1 amide bonds. The average molecular weight is 403 g/mol. The van der Waals surface area contributed by atoms with Crippen LogP contribution in [0.3, 0.4) is 0 Å². The SMILES string of the molecule is CC(c1ccc(-c2ccc(F)cc2F)cc1)N1CCC(CCC(C)(C)O)OC1=O. The van der Waals surface area contributed by atoms with Gasteiger partial charge in [0, 0.05) is 24.6 Å². The summed E-state index contributed by atoms with van der Waals surface area (Å²) in [6, 6.07) is 10.5. The van der Waals surface area contributed by atoms with Gasteiger partial charge in [-0.2, -0.15) is 0 Å². The number of aliphatic hydroxyl groups is 1. The molecule has 0 saturated carbocycles. The number of carbonyl (C=O) groups is 1. The van der Waals surface area contributed by atoms with E-state index >= 15 is 0 Å².